The Bertz CT molecular complexity index is 888. The molecule has 2 N–H and O–H groups in total. The molecule has 1 aromatic carbocycles. The van der Waals surface area contributed by atoms with E-state index in [1.165, 1.54) is 35.3 Å². The van der Waals surface area contributed by atoms with Crippen molar-refractivity contribution in [1.82, 2.24) is 15.1 Å². The molecule has 2 heterocycles. The number of nitro benzene ring substituents is 1. The average Bonchev–Trinajstić information content (AvgIpc) is 3.31. The van der Waals surface area contributed by atoms with Gasteiger partial charge in [0.1, 0.15) is 17.5 Å². The van der Waals surface area contributed by atoms with Crippen LogP contribution in [0.2, 0.25) is 0 Å². The predicted molar refractivity (Wildman–Crippen MR) is 86.2 cm³/mol. The van der Waals surface area contributed by atoms with Crippen molar-refractivity contribution < 1.29 is 19.2 Å². The number of aromatic nitrogens is 2. The Morgan fingerprint density at radius 3 is 2.80 bits per heavy atom. The molecule has 0 aliphatic heterocycles. The number of nitrogens with one attached hydrogen (secondary N) is 1. The van der Waals surface area contributed by atoms with E-state index >= 15 is 0 Å². The van der Waals surface area contributed by atoms with Gasteiger partial charge in [0, 0.05) is 12.3 Å². The molecule has 3 rings (SSSR count). The quantitative estimate of drug-likeness (QED) is 0.520. The van der Waals surface area contributed by atoms with Gasteiger partial charge in [0.25, 0.3) is 11.6 Å². The van der Waals surface area contributed by atoms with Crippen molar-refractivity contribution in [3.8, 4) is 5.69 Å². The van der Waals surface area contributed by atoms with Gasteiger partial charge in [-0.25, -0.2) is 4.68 Å². The summed E-state index contributed by atoms with van der Waals surface area (Å²) in [5.74, 6) is -0.123. The van der Waals surface area contributed by atoms with Crippen LogP contribution in [0.25, 0.3) is 5.69 Å². The zero-order chi connectivity index (χ0) is 17.8. The number of hydrogen-bond acceptors (Lipinski definition) is 6. The van der Waals surface area contributed by atoms with Crippen LogP contribution in [-0.4, -0.2) is 32.3 Å². The number of furan rings is 1. The third kappa shape index (κ3) is 3.40. The Labute approximate surface area is 141 Å². The van der Waals surface area contributed by atoms with Crippen molar-refractivity contribution >= 4 is 11.6 Å². The van der Waals surface area contributed by atoms with Crippen LogP contribution < -0.4 is 5.32 Å². The molecule has 1 unspecified atom stereocenters. The maximum atomic E-state index is 12.3. The second-order valence-corrected chi connectivity index (χ2v) is 5.12. The Morgan fingerprint density at radius 2 is 2.12 bits per heavy atom. The molecule has 128 valence electrons. The van der Waals surface area contributed by atoms with Gasteiger partial charge < -0.3 is 14.8 Å². The van der Waals surface area contributed by atoms with Crippen LogP contribution in [0.3, 0.4) is 0 Å². The lowest BCUT2D eigenvalue weighted by Crippen LogP contribution is -2.30. The molecule has 0 radical (unpaired) electrons. The summed E-state index contributed by atoms with van der Waals surface area (Å²) in [7, 11) is 0. The Kier molecular flexibility index (Phi) is 4.57. The van der Waals surface area contributed by atoms with Gasteiger partial charge in [0.2, 0.25) is 0 Å². The first-order valence-electron chi connectivity index (χ1n) is 7.34. The summed E-state index contributed by atoms with van der Waals surface area (Å²) < 4.78 is 6.42. The molecule has 0 saturated carbocycles. The monoisotopic (exact) mass is 342 g/mol. The number of aliphatic hydroxyl groups is 1. The van der Waals surface area contributed by atoms with Crippen LogP contribution in [-0.2, 0) is 0 Å². The lowest BCUT2D eigenvalue weighted by molar-refractivity contribution is -0.384. The first-order chi connectivity index (χ1) is 12.1. The van der Waals surface area contributed by atoms with Gasteiger partial charge in [-0.3, -0.25) is 14.9 Å². The zero-order valence-corrected chi connectivity index (χ0v) is 12.9. The molecule has 25 heavy (non-hydrogen) atoms. The number of hydrogen-bond donors (Lipinski definition) is 2. The Hall–Kier alpha value is -3.46. The molecule has 0 bridgehead atoms. The number of amides is 1. The fourth-order valence-electron chi connectivity index (χ4n) is 2.32. The van der Waals surface area contributed by atoms with E-state index in [0.717, 1.165) is 0 Å². The van der Waals surface area contributed by atoms with E-state index in [2.05, 4.69) is 10.4 Å². The van der Waals surface area contributed by atoms with E-state index in [1.54, 1.807) is 24.3 Å². The SMILES string of the molecule is O=C(NC(CO)c1ccco1)c1ccn(-c2ccccc2[N+](=O)[O-])n1. The van der Waals surface area contributed by atoms with Crippen molar-refractivity contribution in [1.29, 1.82) is 0 Å². The van der Waals surface area contributed by atoms with Crippen molar-refractivity contribution in [2.75, 3.05) is 6.61 Å². The number of benzene rings is 1. The van der Waals surface area contributed by atoms with Gasteiger partial charge in [-0.05, 0) is 24.3 Å². The smallest absolute Gasteiger partial charge is 0.294 e. The number of carbonyl (C=O) groups excluding carboxylic acids is 1. The lowest BCUT2D eigenvalue weighted by Gasteiger charge is -2.12. The first-order valence-corrected chi connectivity index (χ1v) is 7.34. The second-order valence-electron chi connectivity index (χ2n) is 5.12. The normalized spacial score (nSPS) is 11.9. The molecule has 1 atom stereocenters. The summed E-state index contributed by atoms with van der Waals surface area (Å²) >= 11 is 0. The van der Waals surface area contributed by atoms with Crippen LogP contribution in [0.5, 0.6) is 0 Å². The van der Waals surface area contributed by atoms with Crippen LogP contribution in [0.4, 0.5) is 5.69 Å². The predicted octanol–water partition coefficient (Wildman–Crippen LogP) is 1.84. The van der Waals surface area contributed by atoms with Gasteiger partial charge in [-0.1, -0.05) is 12.1 Å². The molecule has 0 aliphatic carbocycles. The molecular formula is C16H14N4O5. The lowest BCUT2D eigenvalue weighted by atomic mass is 10.2. The minimum absolute atomic E-state index is 0.0585. The molecule has 0 aliphatic rings. The Morgan fingerprint density at radius 1 is 1.32 bits per heavy atom. The third-order valence-electron chi connectivity index (χ3n) is 3.52. The van der Waals surface area contributed by atoms with Crippen LogP contribution in [0.15, 0.2) is 59.3 Å². The number of carbonyl (C=O) groups is 1. The van der Waals surface area contributed by atoms with Gasteiger partial charge >= 0.3 is 0 Å². The number of nitrogens with zero attached hydrogens (tertiary/aromatic N) is 3. The molecule has 0 saturated heterocycles. The third-order valence-corrected chi connectivity index (χ3v) is 3.52. The molecule has 0 spiro atoms. The highest BCUT2D eigenvalue weighted by Crippen LogP contribution is 2.21. The Balaban J connectivity index is 1.82. The fraction of sp³-hybridized carbons (Fsp3) is 0.125. The van der Waals surface area contributed by atoms with E-state index in [1.807, 2.05) is 0 Å². The largest absolute Gasteiger partial charge is 0.467 e. The summed E-state index contributed by atoms with van der Waals surface area (Å²) in [5, 5.41) is 27.2. The van der Waals surface area contributed by atoms with Crippen molar-refractivity contribution in [2.24, 2.45) is 0 Å². The number of nitro groups is 1. The van der Waals surface area contributed by atoms with E-state index in [0.29, 0.717) is 5.76 Å². The van der Waals surface area contributed by atoms with Crippen molar-refractivity contribution in [3.05, 3.63) is 76.5 Å². The van der Waals surface area contributed by atoms with Gasteiger partial charge in [0.05, 0.1) is 17.8 Å². The number of rotatable bonds is 6. The molecule has 2 aromatic heterocycles. The molecule has 9 heteroatoms. The van der Waals surface area contributed by atoms with Crippen LogP contribution in [0, 0.1) is 10.1 Å². The fourth-order valence-corrected chi connectivity index (χ4v) is 2.32. The average molecular weight is 342 g/mol. The maximum absolute atomic E-state index is 12.3. The minimum Gasteiger partial charge on any atom is -0.467 e. The summed E-state index contributed by atoms with van der Waals surface area (Å²) in [5.41, 5.74) is 0.181. The summed E-state index contributed by atoms with van der Waals surface area (Å²) in [6.07, 6.45) is 2.89. The standard InChI is InChI=1S/C16H14N4O5/c21-10-12(15-6-3-9-25-15)17-16(22)11-7-8-19(18-11)13-4-1-2-5-14(13)20(23)24/h1-9,12,21H,10H2,(H,17,22). The van der Waals surface area contributed by atoms with Gasteiger partial charge in [-0.15, -0.1) is 0 Å². The minimum atomic E-state index is -0.710. The van der Waals surface area contributed by atoms with Crippen LogP contribution in [0.1, 0.15) is 22.3 Å². The van der Waals surface area contributed by atoms with Crippen LogP contribution >= 0.6 is 0 Å². The second kappa shape index (κ2) is 6.97. The van der Waals surface area contributed by atoms with E-state index in [4.69, 9.17) is 4.42 Å². The van der Waals surface area contributed by atoms with Crippen molar-refractivity contribution in [2.45, 2.75) is 6.04 Å². The van der Waals surface area contributed by atoms with Gasteiger partial charge in [0.15, 0.2) is 5.69 Å². The number of aliphatic hydroxyl groups excluding tert-OH is 1. The van der Waals surface area contributed by atoms with Crippen molar-refractivity contribution in [3.63, 3.8) is 0 Å². The highest BCUT2D eigenvalue weighted by molar-refractivity contribution is 5.92. The van der Waals surface area contributed by atoms with Gasteiger partial charge in [-0.2, -0.15) is 5.10 Å². The van der Waals surface area contributed by atoms with E-state index in [9.17, 15) is 20.0 Å². The van der Waals surface area contributed by atoms with E-state index < -0.39 is 16.9 Å². The topological polar surface area (TPSA) is 123 Å². The summed E-state index contributed by atoms with van der Waals surface area (Å²) in [4.78, 5) is 22.9. The molecular weight excluding hydrogens is 328 g/mol. The highest BCUT2D eigenvalue weighted by atomic mass is 16.6. The molecule has 3 aromatic rings. The molecule has 1 amide bonds. The first kappa shape index (κ1) is 16.4. The summed E-state index contributed by atoms with van der Waals surface area (Å²) in [6, 6.07) is 10.1. The highest BCUT2D eigenvalue weighted by Gasteiger charge is 2.20. The molecule has 9 nitrogen and oxygen atoms in total. The zero-order valence-electron chi connectivity index (χ0n) is 12.9. The molecule has 0 fully saturated rings. The van der Waals surface area contributed by atoms with E-state index in [-0.39, 0.29) is 23.7 Å². The summed E-state index contributed by atoms with van der Waals surface area (Å²) in [6.45, 7) is -0.343. The number of para-hydroxylation sites is 2. The maximum Gasteiger partial charge on any atom is 0.294 e.